The Morgan fingerprint density at radius 1 is 0.975 bits per heavy atom. The maximum atomic E-state index is 12.9. The summed E-state index contributed by atoms with van der Waals surface area (Å²) < 4.78 is 32.7. The third-order valence-corrected chi connectivity index (χ3v) is 13.8. The van der Waals surface area contributed by atoms with Crippen LogP contribution in [0.2, 0.25) is 5.28 Å². The number of aromatic nitrogens is 4. The van der Waals surface area contributed by atoms with E-state index in [1.807, 2.05) is 0 Å². The van der Waals surface area contributed by atoms with Crippen LogP contribution in [0.15, 0.2) is 6.33 Å². The lowest BCUT2D eigenvalue weighted by molar-refractivity contribution is -0.0353. The van der Waals surface area contributed by atoms with Crippen LogP contribution < -0.4 is 5.32 Å². The van der Waals surface area contributed by atoms with E-state index >= 15 is 0 Å². The molecule has 3 rings (SSSR count). The highest BCUT2D eigenvalue weighted by atomic mass is 35.5. The highest BCUT2D eigenvalue weighted by Gasteiger charge is 2.44. The fourth-order valence-corrected chi connectivity index (χ4v) is 12.7. The number of rotatable bonds is 18. The van der Waals surface area contributed by atoms with E-state index in [-0.39, 0.29) is 23.8 Å². The van der Waals surface area contributed by atoms with Gasteiger partial charge in [-0.05, 0) is 44.4 Å². The maximum absolute atomic E-state index is 12.9. The zero-order chi connectivity index (χ0) is 29.3. The van der Waals surface area contributed by atoms with E-state index in [9.17, 15) is 19.3 Å². The minimum Gasteiger partial charge on any atom is -0.388 e. The molecule has 3 N–H and O–H groups in total. The standard InChI is InChI=1S/C27H48ClN5O5P2/c1-5-6-7-8-9-10-11-12-13-14-16-29-24-21-25(32-27(28)31-24)33(18-30-21)26-23(35)22(34)20(38-26)15-17-40(4,37)19-39(2,3)36/h18,20,22-23,26,34-35H,5-17,19H2,1-4H3,(H,29,31,32)/t20-,22?,23+,26-,40?/m1/s1. The molecule has 10 nitrogen and oxygen atoms in total. The highest BCUT2D eigenvalue weighted by molar-refractivity contribution is 7.79. The molecule has 0 radical (unpaired) electrons. The molecule has 0 spiro atoms. The molecule has 13 heteroatoms. The maximum Gasteiger partial charge on any atom is 0.226 e. The van der Waals surface area contributed by atoms with Crippen LogP contribution >= 0.6 is 25.9 Å². The molecule has 0 aliphatic carbocycles. The van der Waals surface area contributed by atoms with Gasteiger partial charge in [0, 0.05) is 12.7 Å². The van der Waals surface area contributed by atoms with Crippen molar-refractivity contribution in [1.82, 2.24) is 19.5 Å². The van der Waals surface area contributed by atoms with Gasteiger partial charge in [-0.15, -0.1) is 0 Å². The second kappa shape index (κ2) is 15.5. The van der Waals surface area contributed by atoms with Gasteiger partial charge in [0.05, 0.1) is 32.6 Å². The predicted molar refractivity (Wildman–Crippen MR) is 164 cm³/mol. The number of nitrogens with one attached hydrogen (secondary N) is 1. The lowest BCUT2D eigenvalue weighted by Crippen LogP contribution is -2.32. The molecule has 40 heavy (non-hydrogen) atoms. The van der Waals surface area contributed by atoms with Gasteiger partial charge in [0.2, 0.25) is 5.28 Å². The van der Waals surface area contributed by atoms with E-state index in [0.717, 1.165) is 19.4 Å². The number of hydrogen-bond acceptors (Lipinski definition) is 9. The van der Waals surface area contributed by atoms with Gasteiger partial charge in [-0.2, -0.15) is 9.97 Å². The van der Waals surface area contributed by atoms with Crippen LogP contribution in [0.25, 0.3) is 11.2 Å². The molecule has 1 aliphatic rings. The minimum absolute atomic E-state index is 0.0416. The fraction of sp³-hybridized carbons (Fsp3) is 0.815. The fourth-order valence-electron chi connectivity index (χ4n) is 5.41. The number of hydrogen-bond donors (Lipinski definition) is 3. The summed E-state index contributed by atoms with van der Waals surface area (Å²) in [5.74, 6) is 0.690. The Balaban J connectivity index is 1.55. The van der Waals surface area contributed by atoms with Crippen molar-refractivity contribution < 1.29 is 24.1 Å². The van der Waals surface area contributed by atoms with Crippen LogP contribution in [0.3, 0.4) is 0 Å². The van der Waals surface area contributed by atoms with Crippen molar-refractivity contribution in [2.45, 2.75) is 102 Å². The van der Waals surface area contributed by atoms with Gasteiger partial charge in [-0.3, -0.25) is 4.57 Å². The molecular formula is C27H48ClN5O5P2. The van der Waals surface area contributed by atoms with Crippen molar-refractivity contribution in [3.63, 3.8) is 0 Å². The molecule has 0 bridgehead atoms. The number of unbranched alkanes of at least 4 members (excludes halogenated alkanes) is 9. The van der Waals surface area contributed by atoms with Crippen molar-refractivity contribution in [1.29, 1.82) is 0 Å². The van der Waals surface area contributed by atoms with Crippen LogP contribution in [0, 0.1) is 0 Å². The molecule has 2 aromatic heterocycles. The number of ether oxygens (including phenoxy) is 1. The van der Waals surface area contributed by atoms with Gasteiger partial charge in [0.25, 0.3) is 0 Å². The largest absolute Gasteiger partial charge is 0.388 e. The minimum atomic E-state index is -2.67. The van der Waals surface area contributed by atoms with Gasteiger partial charge in [0.15, 0.2) is 23.2 Å². The zero-order valence-corrected chi connectivity index (χ0v) is 27.0. The van der Waals surface area contributed by atoms with Crippen molar-refractivity contribution in [2.75, 3.05) is 43.9 Å². The Kier molecular flexibility index (Phi) is 12.9. The van der Waals surface area contributed by atoms with Gasteiger partial charge in [0.1, 0.15) is 12.2 Å². The van der Waals surface area contributed by atoms with Crippen LogP contribution in [0.1, 0.15) is 83.8 Å². The van der Waals surface area contributed by atoms with Gasteiger partial charge in [-0.1, -0.05) is 64.7 Å². The topological polar surface area (TPSA) is 139 Å². The monoisotopic (exact) mass is 619 g/mol. The molecule has 0 aromatic carbocycles. The van der Waals surface area contributed by atoms with Gasteiger partial charge < -0.3 is 29.4 Å². The number of halogens is 1. The van der Waals surface area contributed by atoms with Crippen molar-refractivity contribution in [3.05, 3.63) is 11.6 Å². The van der Waals surface area contributed by atoms with Gasteiger partial charge in [-0.25, -0.2) is 4.98 Å². The Bertz CT molecular complexity index is 1180. The number of nitrogens with zero attached hydrogens (tertiary/aromatic N) is 4. The number of imidazole rings is 1. The van der Waals surface area contributed by atoms with Gasteiger partial charge >= 0.3 is 0 Å². The first kappa shape index (κ1) is 33.5. The first-order valence-corrected chi connectivity index (χ1v) is 20.4. The summed E-state index contributed by atoms with van der Waals surface area (Å²) in [7, 11) is -5.12. The molecule has 1 fully saturated rings. The molecular weight excluding hydrogens is 572 g/mol. The van der Waals surface area contributed by atoms with Crippen LogP contribution in [-0.2, 0) is 13.9 Å². The summed E-state index contributed by atoms with van der Waals surface area (Å²) in [6, 6.07) is 0. The lowest BCUT2D eigenvalue weighted by Gasteiger charge is -2.19. The Morgan fingerprint density at radius 2 is 1.60 bits per heavy atom. The molecule has 3 heterocycles. The van der Waals surface area contributed by atoms with Crippen molar-refractivity contribution in [3.8, 4) is 0 Å². The van der Waals surface area contributed by atoms with Crippen LogP contribution in [-0.4, -0.2) is 86.6 Å². The Hall–Kier alpha value is -1.02. The summed E-state index contributed by atoms with van der Waals surface area (Å²) in [5, 5.41) is 24.8. The summed E-state index contributed by atoms with van der Waals surface area (Å²) in [5.41, 5.74) is 0.895. The molecule has 2 unspecified atom stereocenters. The Labute approximate surface area is 243 Å². The number of aliphatic hydroxyl groups is 2. The van der Waals surface area contributed by atoms with E-state index in [4.69, 9.17) is 16.3 Å². The Morgan fingerprint density at radius 3 is 2.23 bits per heavy atom. The normalized spacial score (nSPS) is 23.1. The second-order valence-corrected chi connectivity index (χ2v) is 19.5. The van der Waals surface area contributed by atoms with E-state index < -0.39 is 38.8 Å². The van der Waals surface area contributed by atoms with Crippen molar-refractivity contribution in [2.24, 2.45) is 0 Å². The van der Waals surface area contributed by atoms with E-state index in [1.54, 1.807) is 24.6 Å². The smallest absolute Gasteiger partial charge is 0.226 e. The second-order valence-electron chi connectivity index (χ2n) is 11.8. The number of anilines is 1. The van der Waals surface area contributed by atoms with E-state index in [0.29, 0.717) is 17.0 Å². The van der Waals surface area contributed by atoms with Crippen molar-refractivity contribution >= 4 is 42.9 Å². The molecule has 0 amide bonds. The summed E-state index contributed by atoms with van der Waals surface area (Å²) >= 11 is 6.24. The summed E-state index contributed by atoms with van der Waals surface area (Å²) in [4.78, 5) is 13.1. The first-order valence-electron chi connectivity index (χ1n) is 14.7. The molecule has 1 aliphatic heterocycles. The lowest BCUT2D eigenvalue weighted by atomic mass is 10.1. The summed E-state index contributed by atoms with van der Waals surface area (Å²) in [6.45, 7) is 7.86. The average Bonchev–Trinajstić information content (AvgIpc) is 3.40. The quantitative estimate of drug-likeness (QED) is 0.0983. The highest BCUT2D eigenvalue weighted by Crippen LogP contribution is 2.56. The SMILES string of the molecule is CCCCCCCCCCCCNc1nc(Cl)nc2c1ncn2[C@@H]1O[C@H](CCP(C)(=O)CP(C)(C)=O)C(O)[C@@H]1O. The third-order valence-electron chi connectivity index (χ3n) is 7.35. The summed E-state index contributed by atoms with van der Waals surface area (Å²) in [6.07, 6.45) is 10.5. The molecule has 2 aromatic rings. The van der Waals surface area contributed by atoms with Crippen LogP contribution in [0.4, 0.5) is 5.82 Å². The van der Waals surface area contributed by atoms with Crippen LogP contribution in [0.5, 0.6) is 0 Å². The number of fused-ring (bicyclic) bond motifs is 1. The van der Waals surface area contributed by atoms with E-state index in [2.05, 4.69) is 27.2 Å². The molecule has 228 valence electrons. The first-order chi connectivity index (χ1) is 18.9. The molecule has 5 atom stereocenters. The predicted octanol–water partition coefficient (Wildman–Crippen LogP) is 6.39. The number of aliphatic hydroxyl groups excluding tert-OH is 2. The van der Waals surface area contributed by atoms with E-state index in [1.165, 1.54) is 57.7 Å². The molecule has 0 saturated carbocycles. The third kappa shape index (κ3) is 10.1. The average molecular weight is 620 g/mol. The molecule has 1 saturated heterocycles. The zero-order valence-electron chi connectivity index (χ0n) is 24.5.